The molecule has 0 radical (unpaired) electrons. The summed E-state index contributed by atoms with van der Waals surface area (Å²) in [5.74, 6) is 1.13. The van der Waals surface area contributed by atoms with E-state index in [-0.39, 0.29) is 0 Å². The molecule has 0 amide bonds. The van der Waals surface area contributed by atoms with Crippen LogP contribution in [0.5, 0.6) is 0 Å². The number of nitrogen functional groups attached to an aromatic ring is 1. The van der Waals surface area contributed by atoms with Crippen LogP contribution in [0.3, 0.4) is 0 Å². The van der Waals surface area contributed by atoms with E-state index in [0.717, 1.165) is 11.1 Å². The molecule has 0 unspecified atom stereocenters. The van der Waals surface area contributed by atoms with E-state index < -0.39 is 0 Å². The number of rotatable bonds is 1. The molecule has 3 rings (SSSR count). The van der Waals surface area contributed by atoms with Gasteiger partial charge in [-0.1, -0.05) is 12.1 Å². The molecule has 0 saturated carbocycles. The summed E-state index contributed by atoms with van der Waals surface area (Å²) in [5.41, 5.74) is 7.66. The van der Waals surface area contributed by atoms with Gasteiger partial charge in [0.1, 0.15) is 5.82 Å². The first kappa shape index (κ1) is 8.91. The van der Waals surface area contributed by atoms with Crippen LogP contribution in [0, 0.1) is 0 Å². The number of nitrogens with two attached hydrogens (primary N) is 1. The molecule has 16 heavy (non-hydrogen) atoms. The molecule has 0 aliphatic rings. The lowest BCUT2D eigenvalue weighted by molar-refractivity contribution is 1.19. The Morgan fingerprint density at radius 3 is 2.94 bits per heavy atom. The molecule has 3 N–H and O–H groups in total. The van der Waals surface area contributed by atoms with Gasteiger partial charge in [-0.05, 0) is 23.6 Å². The molecule has 0 atom stereocenters. The molecule has 0 bridgehead atoms. The van der Waals surface area contributed by atoms with E-state index in [4.69, 9.17) is 5.73 Å². The average Bonchev–Trinajstić information content (AvgIpc) is 2.75. The van der Waals surface area contributed by atoms with Crippen LogP contribution in [0.15, 0.2) is 42.7 Å². The molecule has 2 heterocycles. The Morgan fingerprint density at radius 2 is 2.06 bits per heavy atom. The van der Waals surface area contributed by atoms with Crippen molar-refractivity contribution in [1.29, 1.82) is 0 Å². The van der Waals surface area contributed by atoms with Gasteiger partial charge in [0.05, 0.1) is 0 Å². The topological polar surface area (TPSA) is 67.6 Å². The molecule has 1 aromatic carbocycles. The third-order valence-electron chi connectivity index (χ3n) is 2.49. The predicted molar refractivity (Wildman–Crippen MR) is 63.7 cm³/mol. The number of aromatic nitrogens is 3. The zero-order valence-electron chi connectivity index (χ0n) is 8.51. The normalized spacial score (nSPS) is 10.8. The first-order valence-corrected chi connectivity index (χ1v) is 4.99. The van der Waals surface area contributed by atoms with Gasteiger partial charge in [0, 0.05) is 23.5 Å². The van der Waals surface area contributed by atoms with Crippen molar-refractivity contribution < 1.29 is 0 Å². The number of hydrogen-bond acceptors (Lipinski definition) is 3. The van der Waals surface area contributed by atoms with Crippen LogP contribution in [-0.4, -0.2) is 15.0 Å². The summed E-state index contributed by atoms with van der Waals surface area (Å²) in [6.45, 7) is 0. The zero-order valence-corrected chi connectivity index (χ0v) is 8.51. The molecule has 2 aromatic heterocycles. The van der Waals surface area contributed by atoms with Gasteiger partial charge < -0.3 is 10.7 Å². The number of fused-ring (bicyclic) bond motifs is 1. The lowest BCUT2D eigenvalue weighted by Gasteiger charge is -2.00. The summed E-state index contributed by atoms with van der Waals surface area (Å²) < 4.78 is 0. The zero-order chi connectivity index (χ0) is 11.0. The van der Waals surface area contributed by atoms with Gasteiger partial charge in [-0.25, -0.2) is 9.97 Å². The van der Waals surface area contributed by atoms with Crippen molar-refractivity contribution in [3.63, 3.8) is 0 Å². The summed E-state index contributed by atoms with van der Waals surface area (Å²) in [5, 5.41) is 1.17. The number of nitrogens with zero attached hydrogens (tertiary/aromatic N) is 2. The first-order valence-electron chi connectivity index (χ1n) is 4.99. The molecular formula is C12H10N4. The minimum atomic E-state index is 0.483. The average molecular weight is 210 g/mol. The van der Waals surface area contributed by atoms with E-state index in [1.807, 2.05) is 30.5 Å². The maximum absolute atomic E-state index is 5.63. The third kappa shape index (κ3) is 1.40. The highest BCUT2D eigenvalue weighted by Gasteiger charge is 2.03. The second-order valence-corrected chi connectivity index (χ2v) is 3.58. The number of aromatic amines is 1. The molecule has 0 spiro atoms. The second kappa shape index (κ2) is 3.34. The Morgan fingerprint density at radius 1 is 1.12 bits per heavy atom. The van der Waals surface area contributed by atoms with E-state index in [2.05, 4.69) is 15.0 Å². The number of H-pyrrole nitrogens is 1. The Labute approximate surface area is 92.2 Å². The molecule has 0 fully saturated rings. The maximum atomic E-state index is 5.63. The molecule has 78 valence electrons. The fraction of sp³-hybridized carbons (Fsp3) is 0. The summed E-state index contributed by atoms with van der Waals surface area (Å²) in [6.07, 6.45) is 3.57. The van der Waals surface area contributed by atoms with Crippen molar-refractivity contribution in [2.24, 2.45) is 0 Å². The van der Waals surface area contributed by atoms with Crippen molar-refractivity contribution >= 4 is 16.7 Å². The highest BCUT2D eigenvalue weighted by Crippen LogP contribution is 2.21. The Bertz CT molecular complexity index is 642. The number of hydrogen-bond donors (Lipinski definition) is 2. The third-order valence-corrected chi connectivity index (χ3v) is 2.49. The first-order chi connectivity index (χ1) is 7.83. The highest BCUT2D eigenvalue weighted by atomic mass is 14.9. The number of anilines is 1. The SMILES string of the molecule is Nc1ccnc(-c2ccc3cc[nH]c3c2)n1. The lowest BCUT2D eigenvalue weighted by Crippen LogP contribution is -1.94. The van der Waals surface area contributed by atoms with Crippen LogP contribution in [0.25, 0.3) is 22.3 Å². The minimum Gasteiger partial charge on any atom is -0.384 e. The van der Waals surface area contributed by atoms with E-state index in [9.17, 15) is 0 Å². The number of nitrogens with one attached hydrogen (secondary N) is 1. The molecule has 4 heteroatoms. The summed E-state index contributed by atoms with van der Waals surface area (Å²) in [4.78, 5) is 11.5. The largest absolute Gasteiger partial charge is 0.384 e. The quantitative estimate of drug-likeness (QED) is 0.647. The standard InChI is InChI=1S/C12H10N4/c13-11-4-6-15-12(16-11)9-2-1-8-3-5-14-10(8)7-9/h1-7,14H,(H2,13,15,16). The lowest BCUT2D eigenvalue weighted by atomic mass is 10.1. The van der Waals surface area contributed by atoms with Crippen molar-refractivity contribution in [3.05, 3.63) is 42.7 Å². The monoisotopic (exact) mass is 210 g/mol. The van der Waals surface area contributed by atoms with Crippen molar-refractivity contribution in [3.8, 4) is 11.4 Å². The van der Waals surface area contributed by atoms with Gasteiger partial charge >= 0.3 is 0 Å². The van der Waals surface area contributed by atoms with Gasteiger partial charge in [-0.2, -0.15) is 0 Å². The Hall–Kier alpha value is -2.36. The molecule has 0 aliphatic heterocycles. The van der Waals surface area contributed by atoms with E-state index in [0.29, 0.717) is 11.6 Å². The molecule has 4 nitrogen and oxygen atoms in total. The van der Waals surface area contributed by atoms with E-state index in [1.165, 1.54) is 5.39 Å². The Balaban J connectivity index is 2.18. The molecule has 0 aliphatic carbocycles. The minimum absolute atomic E-state index is 0.483. The molecule has 0 saturated heterocycles. The van der Waals surface area contributed by atoms with Crippen LogP contribution >= 0.6 is 0 Å². The maximum Gasteiger partial charge on any atom is 0.161 e. The summed E-state index contributed by atoms with van der Waals surface area (Å²) in [6, 6.07) is 9.75. The summed E-state index contributed by atoms with van der Waals surface area (Å²) >= 11 is 0. The Kier molecular flexibility index (Phi) is 1.86. The smallest absolute Gasteiger partial charge is 0.161 e. The van der Waals surface area contributed by atoms with Gasteiger partial charge in [0.25, 0.3) is 0 Å². The van der Waals surface area contributed by atoms with Crippen LogP contribution < -0.4 is 5.73 Å². The van der Waals surface area contributed by atoms with E-state index in [1.54, 1.807) is 12.3 Å². The van der Waals surface area contributed by atoms with Crippen molar-refractivity contribution in [2.45, 2.75) is 0 Å². The molecule has 3 aromatic rings. The second-order valence-electron chi connectivity index (χ2n) is 3.58. The van der Waals surface area contributed by atoms with Gasteiger partial charge in [0.2, 0.25) is 0 Å². The fourth-order valence-corrected chi connectivity index (χ4v) is 1.70. The molecular weight excluding hydrogens is 200 g/mol. The van der Waals surface area contributed by atoms with Gasteiger partial charge in [-0.3, -0.25) is 0 Å². The van der Waals surface area contributed by atoms with Crippen LogP contribution in [-0.2, 0) is 0 Å². The van der Waals surface area contributed by atoms with Crippen molar-refractivity contribution in [2.75, 3.05) is 5.73 Å². The fourth-order valence-electron chi connectivity index (χ4n) is 1.70. The van der Waals surface area contributed by atoms with Crippen molar-refractivity contribution in [1.82, 2.24) is 15.0 Å². The van der Waals surface area contributed by atoms with Crippen LogP contribution in [0.1, 0.15) is 0 Å². The van der Waals surface area contributed by atoms with Gasteiger partial charge in [-0.15, -0.1) is 0 Å². The summed E-state index contributed by atoms with van der Waals surface area (Å²) in [7, 11) is 0. The van der Waals surface area contributed by atoms with Crippen LogP contribution in [0.4, 0.5) is 5.82 Å². The highest BCUT2D eigenvalue weighted by molar-refractivity contribution is 5.83. The van der Waals surface area contributed by atoms with E-state index >= 15 is 0 Å². The number of benzene rings is 1. The van der Waals surface area contributed by atoms with Gasteiger partial charge in [0.15, 0.2) is 5.82 Å². The van der Waals surface area contributed by atoms with Crippen LogP contribution in [0.2, 0.25) is 0 Å². The predicted octanol–water partition coefficient (Wildman–Crippen LogP) is 2.21.